The first-order chi connectivity index (χ1) is 9.04. The molecule has 0 aromatic rings. The molecule has 0 aromatic carbocycles. The van der Waals surface area contributed by atoms with Gasteiger partial charge in [-0.1, -0.05) is 20.3 Å². The first-order valence-corrected chi connectivity index (χ1v) is 8.14. The summed E-state index contributed by atoms with van der Waals surface area (Å²) >= 11 is 0. The Kier molecular flexibility index (Phi) is 5.67. The fourth-order valence-corrected chi connectivity index (χ4v) is 3.41. The quantitative estimate of drug-likeness (QED) is 0.774. The molecule has 0 aromatic heterocycles. The van der Waals surface area contributed by atoms with Gasteiger partial charge in [0.15, 0.2) is 0 Å². The van der Waals surface area contributed by atoms with Crippen molar-refractivity contribution in [1.82, 2.24) is 10.2 Å². The average molecular weight is 268 g/mol. The second kappa shape index (κ2) is 7.05. The predicted molar refractivity (Wildman–Crippen MR) is 80.2 cm³/mol. The van der Waals surface area contributed by atoms with E-state index in [1.165, 1.54) is 38.8 Å². The molecule has 112 valence electrons. The molecule has 0 amide bonds. The number of piperidine rings is 1. The Hall–Kier alpha value is -0.120. The Labute approximate surface area is 118 Å². The number of hydrogen-bond acceptors (Lipinski definition) is 3. The lowest BCUT2D eigenvalue weighted by Crippen LogP contribution is -2.49. The summed E-state index contributed by atoms with van der Waals surface area (Å²) in [5, 5.41) is 13.8. The summed E-state index contributed by atoms with van der Waals surface area (Å²) in [5.41, 5.74) is 0. The minimum absolute atomic E-state index is 0.135. The number of aliphatic hydroxyl groups is 1. The Morgan fingerprint density at radius 1 is 1.21 bits per heavy atom. The van der Waals surface area contributed by atoms with Gasteiger partial charge in [0.05, 0.1) is 6.10 Å². The molecule has 2 rings (SSSR count). The van der Waals surface area contributed by atoms with Gasteiger partial charge in [-0.3, -0.25) is 0 Å². The molecule has 2 N–H and O–H groups in total. The van der Waals surface area contributed by atoms with Crippen molar-refractivity contribution < 1.29 is 5.11 Å². The summed E-state index contributed by atoms with van der Waals surface area (Å²) in [4.78, 5) is 2.43. The molecule has 2 aliphatic rings. The zero-order chi connectivity index (χ0) is 13.8. The van der Waals surface area contributed by atoms with E-state index in [4.69, 9.17) is 0 Å². The van der Waals surface area contributed by atoms with Crippen LogP contribution in [0, 0.1) is 17.8 Å². The van der Waals surface area contributed by atoms with Crippen molar-refractivity contribution in [3.8, 4) is 0 Å². The van der Waals surface area contributed by atoms with E-state index in [2.05, 4.69) is 31.1 Å². The Morgan fingerprint density at radius 2 is 1.95 bits per heavy atom. The molecule has 2 fully saturated rings. The highest BCUT2D eigenvalue weighted by atomic mass is 16.3. The molecule has 3 nitrogen and oxygen atoms in total. The summed E-state index contributed by atoms with van der Waals surface area (Å²) in [6.07, 6.45) is 6.34. The molecular weight excluding hydrogens is 236 g/mol. The smallest absolute Gasteiger partial charge is 0.0566 e. The standard InChI is InChI=1S/C16H32N2O/c1-12(2)16(19)8-14-7-15(11-18(3)10-14)17-9-13-5-4-6-13/h12-17,19H,4-11H2,1-3H3. The molecular formula is C16H32N2O. The van der Waals surface area contributed by atoms with Crippen molar-refractivity contribution in [1.29, 1.82) is 0 Å². The molecule has 1 aliphatic carbocycles. The second-order valence-electron chi connectivity index (χ2n) is 7.27. The second-order valence-corrected chi connectivity index (χ2v) is 7.27. The van der Waals surface area contributed by atoms with Crippen LogP contribution in [0.4, 0.5) is 0 Å². The molecule has 1 saturated carbocycles. The van der Waals surface area contributed by atoms with Crippen molar-refractivity contribution in [3.05, 3.63) is 0 Å². The molecule has 3 unspecified atom stereocenters. The SMILES string of the molecule is CC(C)C(O)CC1CC(NCC2CCC2)CN(C)C1. The number of nitrogens with zero attached hydrogens (tertiary/aromatic N) is 1. The van der Waals surface area contributed by atoms with E-state index in [-0.39, 0.29) is 6.10 Å². The van der Waals surface area contributed by atoms with Gasteiger partial charge in [0, 0.05) is 19.1 Å². The van der Waals surface area contributed by atoms with Crippen LogP contribution in [-0.2, 0) is 0 Å². The molecule has 1 aliphatic heterocycles. The number of hydrogen-bond donors (Lipinski definition) is 2. The summed E-state index contributed by atoms with van der Waals surface area (Å²) in [5.74, 6) is 1.97. The third-order valence-corrected chi connectivity index (χ3v) is 4.98. The highest BCUT2D eigenvalue weighted by Crippen LogP contribution is 2.27. The van der Waals surface area contributed by atoms with E-state index < -0.39 is 0 Å². The summed E-state index contributed by atoms with van der Waals surface area (Å²) in [6, 6.07) is 0.628. The van der Waals surface area contributed by atoms with Gasteiger partial charge in [0.25, 0.3) is 0 Å². The lowest BCUT2D eigenvalue weighted by molar-refractivity contribution is 0.0674. The zero-order valence-electron chi connectivity index (χ0n) is 12.9. The van der Waals surface area contributed by atoms with E-state index >= 15 is 0 Å². The minimum atomic E-state index is -0.135. The van der Waals surface area contributed by atoms with Gasteiger partial charge in [0.2, 0.25) is 0 Å². The summed E-state index contributed by atoms with van der Waals surface area (Å²) in [6.45, 7) is 7.75. The van der Waals surface area contributed by atoms with Crippen LogP contribution in [0.1, 0.15) is 46.0 Å². The van der Waals surface area contributed by atoms with Gasteiger partial charge in [0.1, 0.15) is 0 Å². The van der Waals surface area contributed by atoms with Crippen LogP contribution in [-0.4, -0.2) is 48.8 Å². The van der Waals surface area contributed by atoms with Crippen molar-refractivity contribution >= 4 is 0 Å². The third kappa shape index (κ3) is 4.73. The van der Waals surface area contributed by atoms with Crippen LogP contribution >= 0.6 is 0 Å². The van der Waals surface area contributed by atoms with E-state index in [0.29, 0.717) is 17.9 Å². The monoisotopic (exact) mass is 268 g/mol. The largest absolute Gasteiger partial charge is 0.393 e. The normalized spacial score (nSPS) is 31.4. The topological polar surface area (TPSA) is 35.5 Å². The fraction of sp³-hybridized carbons (Fsp3) is 1.00. The molecule has 19 heavy (non-hydrogen) atoms. The highest BCUT2D eigenvalue weighted by Gasteiger charge is 2.28. The first-order valence-electron chi connectivity index (χ1n) is 8.14. The predicted octanol–water partition coefficient (Wildman–Crippen LogP) is 2.10. The van der Waals surface area contributed by atoms with Gasteiger partial charge < -0.3 is 15.3 Å². The van der Waals surface area contributed by atoms with E-state index in [1.807, 2.05) is 0 Å². The van der Waals surface area contributed by atoms with Gasteiger partial charge in [-0.15, -0.1) is 0 Å². The highest BCUT2D eigenvalue weighted by molar-refractivity contribution is 4.85. The van der Waals surface area contributed by atoms with Crippen LogP contribution in [0.15, 0.2) is 0 Å². The van der Waals surface area contributed by atoms with Crippen molar-refractivity contribution in [2.75, 3.05) is 26.7 Å². The van der Waals surface area contributed by atoms with Crippen molar-refractivity contribution in [3.63, 3.8) is 0 Å². The van der Waals surface area contributed by atoms with Crippen LogP contribution in [0.25, 0.3) is 0 Å². The Morgan fingerprint density at radius 3 is 2.53 bits per heavy atom. The van der Waals surface area contributed by atoms with Crippen LogP contribution in [0.3, 0.4) is 0 Å². The van der Waals surface area contributed by atoms with Crippen LogP contribution in [0.5, 0.6) is 0 Å². The summed E-state index contributed by atoms with van der Waals surface area (Å²) < 4.78 is 0. The van der Waals surface area contributed by atoms with Crippen LogP contribution < -0.4 is 5.32 Å². The van der Waals surface area contributed by atoms with E-state index in [1.54, 1.807) is 0 Å². The van der Waals surface area contributed by atoms with Gasteiger partial charge >= 0.3 is 0 Å². The number of rotatable bonds is 6. The maximum Gasteiger partial charge on any atom is 0.0566 e. The van der Waals surface area contributed by atoms with Gasteiger partial charge in [-0.2, -0.15) is 0 Å². The number of likely N-dealkylation sites (N-methyl/N-ethyl adjacent to an activating group) is 1. The van der Waals surface area contributed by atoms with E-state index in [0.717, 1.165) is 18.9 Å². The molecule has 3 heteroatoms. The molecule has 3 atom stereocenters. The Bertz CT molecular complexity index is 265. The van der Waals surface area contributed by atoms with E-state index in [9.17, 15) is 5.11 Å². The van der Waals surface area contributed by atoms with Crippen LogP contribution in [0.2, 0.25) is 0 Å². The van der Waals surface area contributed by atoms with Gasteiger partial charge in [-0.05, 0) is 57.0 Å². The van der Waals surface area contributed by atoms with Crippen molar-refractivity contribution in [2.45, 2.75) is 58.1 Å². The Balaban J connectivity index is 1.74. The lowest BCUT2D eigenvalue weighted by Gasteiger charge is -2.38. The third-order valence-electron chi connectivity index (χ3n) is 4.98. The minimum Gasteiger partial charge on any atom is -0.393 e. The average Bonchev–Trinajstić information content (AvgIpc) is 2.25. The maximum atomic E-state index is 10.1. The number of aliphatic hydroxyl groups excluding tert-OH is 1. The fourth-order valence-electron chi connectivity index (χ4n) is 3.41. The number of nitrogens with one attached hydrogen (secondary N) is 1. The molecule has 1 saturated heterocycles. The summed E-state index contributed by atoms with van der Waals surface area (Å²) in [7, 11) is 2.21. The lowest BCUT2D eigenvalue weighted by atomic mass is 9.84. The molecule has 0 bridgehead atoms. The first kappa shape index (κ1) is 15.3. The molecule has 0 spiro atoms. The zero-order valence-corrected chi connectivity index (χ0v) is 12.9. The molecule has 0 radical (unpaired) electrons. The maximum absolute atomic E-state index is 10.1. The number of likely N-dealkylation sites (tertiary alicyclic amines) is 1. The molecule has 1 heterocycles. The van der Waals surface area contributed by atoms with Gasteiger partial charge in [-0.25, -0.2) is 0 Å². The van der Waals surface area contributed by atoms with Crippen molar-refractivity contribution in [2.24, 2.45) is 17.8 Å².